The molecule has 0 saturated carbocycles. The number of halogens is 1. The molecule has 4 heteroatoms. The molecule has 0 radical (unpaired) electrons. The molecule has 0 fully saturated rings. The van der Waals surface area contributed by atoms with Gasteiger partial charge in [-0.2, -0.15) is 0 Å². The van der Waals surface area contributed by atoms with Crippen molar-refractivity contribution in [1.82, 2.24) is 4.98 Å². The van der Waals surface area contributed by atoms with E-state index in [-0.39, 0.29) is 0 Å². The molecule has 3 nitrogen and oxygen atoms in total. The van der Waals surface area contributed by atoms with Gasteiger partial charge in [0.15, 0.2) is 0 Å². The first-order chi connectivity index (χ1) is 8.19. The third-order valence-corrected chi connectivity index (χ3v) is 2.68. The van der Waals surface area contributed by atoms with Crippen LogP contribution in [0, 0.1) is 6.92 Å². The highest BCUT2D eigenvalue weighted by Gasteiger charge is 2.04. The third-order valence-electron chi connectivity index (χ3n) is 2.34. The fraction of sp³-hybridized carbons (Fsp3) is 0.154. The van der Waals surface area contributed by atoms with Crippen LogP contribution in [0.3, 0.4) is 0 Å². The highest BCUT2D eigenvalue weighted by Crippen LogP contribution is 2.24. The summed E-state index contributed by atoms with van der Waals surface area (Å²) < 4.78 is 5.63. The van der Waals surface area contributed by atoms with E-state index in [4.69, 9.17) is 22.1 Å². The highest BCUT2D eigenvalue weighted by molar-refractivity contribution is 6.31. The molecule has 0 amide bonds. The number of nitrogens with zero attached hydrogens (tertiary/aromatic N) is 1. The topological polar surface area (TPSA) is 48.1 Å². The predicted molar refractivity (Wildman–Crippen MR) is 68.4 cm³/mol. The minimum absolute atomic E-state index is 0.367. The molecule has 2 N–H and O–H groups in total. The summed E-state index contributed by atoms with van der Waals surface area (Å²) in [7, 11) is 0. The van der Waals surface area contributed by atoms with Crippen molar-refractivity contribution in [2.75, 3.05) is 0 Å². The van der Waals surface area contributed by atoms with Gasteiger partial charge in [-0.3, -0.25) is 0 Å². The molecule has 1 aromatic heterocycles. The third kappa shape index (κ3) is 2.96. The second-order valence-corrected chi connectivity index (χ2v) is 4.14. The Hall–Kier alpha value is -1.58. The Morgan fingerprint density at radius 2 is 2.18 bits per heavy atom. The molecule has 0 unspecified atom stereocenters. The zero-order valence-electron chi connectivity index (χ0n) is 9.48. The standard InChI is InChI=1S/C13H13ClN2O/c1-9-3-2-4-11(5-9)17-13-6-10(7-15)12(14)8-16-13/h2-6,8H,7,15H2,1H3. The summed E-state index contributed by atoms with van der Waals surface area (Å²) in [6, 6.07) is 9.52. The summed E-state index contributed by atoms with van der Waals surface area (Å²) in [5, 5.41) is 0.559. The fourth-order valence-electron chi connectivity index (χ4n) is 1.47. The number of aromatic nitrogens is 1. The van der Waals surface area contributed by atoms with Gasteiger partial charge >= 0.3 is 0 Å². The molecule has 88 valence electrons. The molecule has 0 bridgehead atoms. The maximum absolute atomic E-state index is 5.93. The molecule has 17 heavy (non-hydrogen) atoms. The lowest BCUT2D eigenvalue weighted by Crippen LogP contribution is -1.99. The van der Waals surface area contributed by atoms with Crippen molar-refractivity contribution in [2.45, 2.75) is 13.5 Å². The zero-order chi connectivity index (χ0) is 12.3. The van der Waals surface area contributed by atoms with E-state index in [1.165, 1.54) is 0 Å². The van der Waals surface area contributed by atoms with Gasteiger partial charge in [-0.05, 0) is 30.2 Å². The van der Waals surface area contributed by atoms with Crippen LogP contribution < -0.4 is 10.5 Å². The van der Waals surface area contributed by atoms with Gasteiger partial charge in [0, 0.05) is 18.8 Å². The van der Waals surface area contributed by atoms with E-state index >= 15 is 0 Å². The molecule has 0 atom stereocenters. The average molecular weight is 249 g/mol. The maximum atomic E-state index is 5.93. The van der Waals surface area contributed by atoms with Crippen LogP contribution in [-0.2, 0) is 6.54 Å². The minimum Gasteiger partial charge on any atom is -0.439 e. The molecule has 0 spiro atoms. The molecular weight excluding hydrogens is 236 g/mol. The predicted octanol–water partition coefficient (Wildman–Crippen LogP) is 3.29. The number of aryl methyl sites for hydroxylation is 1. The Kier molecular flexibility index (Phi) is 3.61. The number of hydrogen-bond donors (Lipinski definition) is 1. The highest BCUT2D eigenvalue weighted by atomic mass is 35.5. The lowest BCUT2D eigenvalue weighted by molar-refractivity contribution is 0.462. The van der Waals surface area contributed by atoms with Crippen LogP contribution in [0.4, 0.5) is 0 Å². The van der Waals surface area contributed by atoms with E-state index in [1.807, 2.05) is 31.2 Å². The summed E-state index contributed by atoms with van der Waals surface area (Å²) >= 11 is 5.93. The van der Waals surface area contributed by atoms with Crippen molar-refractivity contribution in [3.8, 4) is 11.6 Å². The van der Waals surface area contributed by atoms with E-state index in [1.54, 1.807) is 12.3 Å². The van der Waals surface area contributed by atoms with Gasteiger partial charge < -0.3 is 10.5 Å². The van der Waals surface area contributed by atoms with Crippen LogP contribution >= 0.6 is 11.6 Å². The van der Waals surface area contributed by atoms with Crippen LogP contribution in [0.5, 0.6) is 11.6 Å². The van der Waals surface area contributed by atoms with Crippen LogP contribution in [0.15, 0.2) is 36.5 Å². The van der Waals surface area contributed by atoms with Crippen molar-refractivity contribution >= 4 is 11.6 Å². The quantitative estimate of drug-likeness (QED) is 0.907. The Balaban J connectivity index is 2.24. The number of hydrogen-bond acceptors (Lipinski definition) is 3. The Morgan fingerprint density at radius 1 is 1.35 bits per heavy atom. The molecule has 1 aromatic carbocycles. The van der Waals surface area contributed by atoms with Gasteiger partial charge in [-0.1, -0.05) is 23.7 Å². The van der Waals surface area contributed by atoms with Crippen LogP contribution in [-0.4, -0.2) is 4.98 Å². The van der Waals surface area contributed by atoms with Crippen molar-refractivity contribution in [3.63, 3.8) is 0 Å². The van der Waals surface area contributed by atoms with Crippen LogP contribution in [0.25, 0.3) is 0 Å². The van der Waals surface area contributed by atoms with Crippen molar-refractivity contribution in [1.29, 1.82) is 0 Å². The van der Waals surface area contributed by atoms with Crippen molar-refractivity contribution in [3.05, 3.63) is 52.7 Å². The first kappa shape index (κ1) is 11.9. The van der Waals surface area contributed by atoms with E-state index < -0.39 is 0 Å². The zero-order valence-corrected chi connectivity index (χ0v) is 10.2. The summed E-state index contributed by atoms with van der Waals surface area (Å²) in [5.74, 6) is 1.25. The maximum Gasteiger partial charge on any atom is 0.219 e. The van der Waals surface area contributed by atoms with Gasteiger partial charge in [0.05, 0.1) is 5.02 Å². The second kappa shape index (κ2) is 5.17. The number of rotatable bonds is 3. The van der Waals surface area contributed by atoms with E-state index in [0.29, 0.717) is 17.4 Å². The van der Waals surface area contributed by atoms with Gasteiger partial charge in [0.2, 0.25) is 5.88 Å². The Labute approximate surface area is 105 Å². The Morgan fingerprint density at radius 3 is 2.88 bits per heavy atom. The molecule has 0 aliphatic carbocycles. The molecule has 0 aliphatic heterocycles. The summed E-state index contributed by atoms with van der Waals surface area (Å²) in [6.07, 6.45) is 1.55. The number of pyridine rings is 1. The number of ether oxygens (including phenoxy) is 1. The minimum atomic E-state index is 0.367. The normalized spacial score (nSPS) is 10.3. The largest absolute Gasteiger partial charge is 0.439 e. The van der Waals surface area contributed by atoms with Crippen LogP contribution in [0.1, 0.15) is 11.1 Å². The first-order valence-electron chi connectivity index (χ1n) is 5.28. The Bertz CT molecular complexity index is 529. The first-order valence-corrected chi connectivity index (χ1v) is 5.66. The summed E-state index contributed by atoms with van der Waals surface area (Å²) in [5.41, 5.74) is 7.53. The van der Waals surface area contributed by atoms with Gasteiger partial charge in [0.25, 0.3) is 0 Å². The molecule has 0 aliphatic rings. The summed E-state index contributed by atoms with van der Waals surface area (Å²) in [4.78, 5) is 4.10. The van der Waals surface area contributed by atoms with E-state index in [2.05, 4.69) is 4.98 Å². The lowest BCUT2D eigenvalue weighted by Gasteiger charge is -2.07. The van der Waals surface area contributed by atoms with E-state index in [9.17, 15) is 0 Å². The smallest absolute Gasteiger partial charge is 0.219 e. The molecular formula is C13H13ClN2O. The molecule has 2 aromatic rings. The van der Waals surface area contributed by atoms with Crippen molar-refractivity contribution < 1.29 is 4.74 Å². The molecule has 1 heterocycles. The second-order valence-electron chi connectivity index (χ2n) is 3.74. The molecule has 0 saturated heterocycles. The fourth-order valence-corrected chi connectivity index (χ4v) is 1.65. The number of nitrogens with two attached hydrogens (primary N) is 1. The van der Waals surface area contributed by atoms with Gasteiger partial charge in [-0.25, -0.2) is 4.98 Å². The lowest BCUT2D eigenvalue weighted by atomic mass is 10.2. The van der Waals surface area contributed by atoms with Gasteiger partial charge in [-0.15, -0.1) is 0 Å². The average Bonchev–Trinajstić information content (AvgIpc) is 2.32. The van der Waals surface area contributed by atoms with Gasteiger partial charge in [0.1, 0.15) is 5.75 Å². The van der Waals surface area contributed by atoms with E-state index in [0.717, 1.165) is 16.9 Å². The number of benzene rings is 1. The monoisotopic (exact) mass is 248 g/mol. The SMILES string of the molecule is Cc1cccc(Oc2cc(CN)c(Cl)cn2)c1. The van der Waals surface area contributed by atoms with Crippen LogP contribution in [0.2, 0.25) is 5.02 Å². The van der Waals surface area contributed by atoms with Crippen molar-refractivity contribution in [2.24, 2.45) is 5.73 Å². The molecule has 2 rings (SSSR count). The summed E-state index contributed by atoms with van der Waals surface area (Å²) in [6.45, 7) is 2.37.